The van der Waals surface area contributed by atoms with E-state index >= 15 is 0 Å². The summed E-state index contributed by atoms with van der Waals surface area (Å²) in [5.74, 6) is -0.324. The largest absolute Gasteiger partial charge is 0.416 e. The van der Waals surface area contributed by atoms with Crippen molar-refractivity contribution in [1.29, 1.82) is 0 Å². The molecular formula is C25H25F6N7O. The van der Waals surface area contributed by atoms with Gasteiger partial charge in [0.2, 0.25) is 0 Å². The maximum Gasteiger partial charge on any atom is 0.416 e. The van der Waals surface area contributed by atoms with Crippen molar-refractivity contribution < 1.29 is 31.1 Å². The van der Waals surface area contributed by atoms with Crippen LogP contribution in [0.15, 0.2) is 42.5 Å². The molecule has 4 rings (SSSR count). The molecule has 14 heteroatoms. The van der Waals surface area contributed by atoms with Gasteiger partial charge < -0.3 is 14.4 Å². The first kappa shape index (κ1) is 27.9. The van der Waals surface area contributed by atoms with Gasteiger partial charge >= 0.3 is 12.4 Å². The van der Waals surface area contributed by atoms with Crippen LogP contribution in [-0.4, -0.2) is 49.1 Å². The van der Waals surface area contributed by atoms with Gasteiger partial charge in [-0.15, -0.1) is 5.10 Å². The fourth-order valence-corrected chi connectivity index (χ4v) is 4.57. The minimum absolute atomic E-state index is 0.0601. The third-order valence-corrected chi connectivity index (χ3v) is 6.45. The highest BCUT2D eigenvalue weighted by molar-refractivity contribution is 6.02. The van der Waals surface area contributed by atoms with Crippen molar-refractivity contribution in [2.45, 2.75) is 39.3 Å². The number of carbonyl (C=O) groups excluding carboxylic acids is 1. The first-order valence-corrected chi connectivity index (χ1v) is 12.0. The number of alkyl halides is 6. The molecule has 2 heterocycles. The number of benzene rings is 2. The summed E-state index contributed by atoms with van der Waals surface area (Å²) in [7, 11) is 1.73. The van der Waals surface area contributed by atoms with E-state index in [9.17, 15) is 31.1 Å². The van der Waals surface area contributed by atoms with E-state index in [2.05, 4.69) is 20.6 Å². The number of para-hydroxylation sites is 1. The zero-order valence-electron chi connectivity index (χ0n) is 21.2. The number of rotatable bonds is 8. The van der Waals surface area contributed by atoms with Gasteiger partial charge in [-0.2, -0.15) is 31.6 Å². The van der Waals surface area contributed by atoms with Crippen LogP contribution in [-0.2, 0) is 32.5 Å². The predicted molar refractivity (Wildman–Crippen MR) is 131 cm³/mol. The van der Waals surface area contributed by atoms with E-state index in [0.29, 0.717) is 41.9 Å². The Morgan fingerprint density at radius 3 is 2.10 bits per heavy atom. The van der Waals surface area contributed by atoms with Crippen LogP contribution in [0.3, 0.4) is 0 Å². The van der Waals surface area contributed by atoms with Gasteiger partial charge in [0.25, 0.3) is 11.9 Å². The smallest absolute Gasteiger partial charge is 0.339 e. The van der Waals surface area contributed by atoms with Gasteiger partial charge in [0.15, 0.2) is 0 Å². The van der Waals surface area contributed by atoms with Gasteiger partial charge in [-0.3, -0.25) is 4.79 Å². The molecule has 0 aliphatic carbocycles. The molecule has 0 saturated carbocycles. The number of halogens is 6. The second-order valence-electron chi connectivity index (χ2n) is 8.86. The number of carbonyl (C=O) groups is 1. The third-order valence-electron chi connectivity index (χ3n) is 6.45. The zero-order chi connectivity index (χ0) is 28.5. The second kappa shape index (κ2) is 10.6. The standard InChI is InChI=1S/C25H25F6N7O/c1-4-37(5-2)22(39)21-19(18-8-6-7-9-20(18)36(21)3)14-38(23-32-34-35-33-23)13-15-10-16(24(26,27)28)12-17(11-15)25(29,30)31/h6-12H,4-5,13-14H2,1-3H3,(H,32,33,34,35). The lowest BCUT2D eigenvalue weighted by Gasteiger charge is -2.24. The SMILES string of the molecule is CCN(CC)C(=O)c1c(CN(Cc2cc(C(F)(F)F)cc(C(F)(F)F)c2)c2nn[nH]n2)c2ccccc2n1C. The van der Waals surface area contributed by atoms with Gasteiger partial charge in [0.05, 0.1) is 11.1 Å². The van der Waals surface area contributed by atoms with E-state index < -0.39 is 30.0 Å². The quantitative estimate of drug-likeness (QED) is 0.295. The molecule has 39 heavy (non-hydrogen) atoms. The Bertz CT molecular complexity index is 1420. The lowest BCUT2D eigenvalue weighted by atomic mass is 10.0. The molecule has 0 fully saturated rings. The van der Waals surface area contributed by atoms with Crippen molar-refractivity contribution in [2.24, 2.45) is 7.05 Å². The van der Waals surface area contributed by atoms with Crippen LogP contribution >= 0.6 is 0 Å². The lowest BCUT2D eigenvalue weighted by Crippen LogP contribution is -2.33. The normalized spacial score (nSPS) is 12.2. The number of nitrogens with zero attached hydrogens (tertiary/aromatic N) is 6. The highest BCUT2D eigenvalue weighted by atomic mass is 19.4. The molecular weight excluding hydrogens is 528 g/mol. The number of anilines is 1. The number of H-pyrrole nitrogens is 1. The van der Waals surface area contributed by atoms with Gasteiger partial charge in [0, 0.05) is 49.7 Å². The van der Waals surface area contributed by atoms with E-state index in [4.69, 9.17) is 0 Å². The number of aryl methyl sites for hydroxylation is 1. The molecule has 8 nitrogen and oxygen atoms in total. The van der Waals surface area contributed by atoms with Crippen molar-refractivity contribution >= 4 is 22.8 Å². The summed E-state index contributed by atoms with van der Waals surface area (Å²) in [6, 6.07) is 8.59. The second-order valence-corrected chi connectivity index (χ2v) is 8.86. The summed E-state index contributed by atoms with van der Waals surface area (Å²) in [5.41, 5.74) is -1.52. The zero-order valence-corrected chi connectivity index (χ0v) is 21.2. The Kier molecular flexibility index (Phi) is 7.57. The Morgan fingerprint density at radius 1 is 0.949 bits per heavy atom. The average Bonchev–Trinajstić information content (AvgIpc) is 3.50. The van der Waals surface area contributed by atoms with Crippen LogP contribution in [0.4, 0.5) is 32.3 Å². The van der Waals surface area contributed by atoms with Crippen LogP contribution < -0.4 is 4.90 Å². The summed E-state index contributed by atoms with van der Waals surface area (Å²) >= 11 is 0. The Balaban J connectivity index is 1.85. The van der Waals surface area contributed by atoms with Gasteiger partial charge in [-0.25, -0.2) is 0 Å². The molecule has 1 N–H and O–H groups in total. The molecule has 0 bridgehead atoms. The molecule has 0 radical (unpaired) electrons. The number of tetrazole rings is 1. The summed E-state index contributed by atoms with van der Waals surface area (Å²) in [4.78, 5) is 16.5. The van der Waals surface area contributed by atoms with E-state index in [-0.39, 0.29) is 30.0 Å². The highest BCUT2D eigenvalue weighted by Crippen LogP contribution is 2.37. The monoisotopic (exact) mass is 553 g/mol. The summed E-state index contributed by atoms with van der Waals surface area (Å²) in [6.07, 6.45) is -9.99. The van der Waals surface area contributed by atoms with E-state index in [0.717, 1.165) is 5.52 Å². The number of aromatic nitrogens is 5. The molecule has 0 unspecified atom stereocenters. The molecule has 4 aromatic rings. The molecule has 0 saturated heterocycles. The molecule has 0 aliphatic rings. The average molecular weight is 554 g/mol. The van der Waals surface area contributed by atoms with Gasteiger partial charge in [-0.1, -0.05) is 23.3 Å². The van der Waals surface area contributed by atoms with Crippen LogP contribution in [0.2, 0.25) is 0 Å². The van der Waals surface area contributed by atoms with Crippen LogP contribution in [0.1, 0.15) is 46.6 Å². The number of nitrogens with one attached hydrogen (secondary N) is 1. The van der Waals surface area contributed by atoms with Crippen molar-refractivity contribution in [3.63, 3.8) is 0 Å². The number of fused-ring (bicyclic) bond motifs is 1. The number of hydrogen-bond acceptors (Lipinski definition) is 5. The number of aromatic amines is 1. The highest BCUT2D eigenvalue weighted by Gasteiger charge is 2.37. The van der Waals surface area contributed by atoms with E-state index in [1.165, 1.54) is 4.90 Å². The molecule has 2 aromatic heterocycles. The topological polar surface area (TPSA) is 82.9 Å². The van der Waals surface area contributed by atoms with Crippen molar-refractivity contribution in [3.05, 3.63) is 70.4 Å². The summed E-state index contributed by atoms with van der Waals surface area (Å²) in [5, 5.41) is 14.3. The van der Waals surface area contributed by atoms with Crippen LogP contribution in [0.5, 0.6) is 0 Å². The molecule has 0 spiro atoms. The van der Waals surface area contributed by atoms with E-state index in [1.807, 2.05) is 19.9 Å². The Labute approximate surface area is 219 Å². The van der Waals surface area contributed by atoms with Crippen molar-refractivity contribution in [3.8, 4) is 0 Å². The lowest BCUT2D eigenvalue weighted by molar-refractivity contribution is -0.143. The minimum Gasteiger partial charge on any atom is -0.339 e. The molecule has 2 aromatic carbocycles. The first-order valence-electron chi connectivity index (χ1n) is 12.0. The first-order chi connectivity index (χ1) is 18.3. The molecule has 208 valence electrons. The van der Waals surface area contributed by atoms with Gasteiger partial charge in [0.1, 0.15) is 5.69 Å². The van der Waals surface area contributed by atoms with Crippen molar-refractivity contribution in [1.82, 2.24) is 30.1 Å². The van der Waals surface area contributed by atoms with E-state index in [1.54, 1.807) is 34.7 Å². The number of amides is 1. The summed E-state index contributed by atoms with van der Waals surface area (Å²) < 4.78 is 82.7. The predicted octanol–water partition coefficient (Wildman–Crippen LogP) is 5.42. The fraction of sp³-hybridized carbons (Fsp3) is 0.360. The fourth-order valence-electron chi connectivity index (χ4n) is 4.57. The molecule has 0 aliphatic heterocycles. The van der Waals surface area contributed by atoms with Crippen LogP contribution in [0, 0.1) is 0 Å². The van der Waals surface area contributed by atoms with Crippen LogP contribution in [0.25, 0.3) is 10.9 Å². The number of hydrogen-bond donors (Lipinski definition) is 1. The molecule has 0 atom stereocenters. The maximum atomic E-state index is 13.5. The summed E-state index contributed by atoms with van der Waals surface area (Å²) in [6.45, 7) is 4.03. The Morgan fingerprint density at radius 2 is 1.56 bits per heavy atom. The maximum absolute atomic E-state index is 13.5. The molecule has 1 amide bonds. The Hall–Kier alpha value is -4.10. The van der Waals surface area contributed by atoms with Crippen molar-refractivity contribution in [2.75, 3.05) is 18.0 Å². The van der Waals surface area contributed by atoms with Gasteiger partial charge in [-0.05, 0) is 48.9 Å². The third kappa shape index (κ3) is 5.68. The minimum atomic E-state index is -4.99.